The van der Waals surface area contributed by atoms with E-state index in [1.54, 1.807) is 0 Å². The number of carbonyl (C=O) groups excluding carboxylic acids is 1. The Bertz CT molecular complexity index is 657. The Labute approximate surface area is 144 Å². The van der Waals surface area contributed by atoms with Crippen LogP contribution in [-0.4, -0.2) is 24.2 Å². The molecule has 0 aromatic heterocycles. The molecule has 2 fully saturated rings. The molecule has 1 saturated heterocycles. The number of aryl methyl sites for hydroxylation is 1. The first-order valence-electron chi connectivity index (χ1n) is 9.25. The Morgan fingerprint density at radius 2 is 2.04 bits per heavy atom. The lowest BCUT2D eigenvalue weighted by atomic mass is 9.46. The van der Waals surface area contributed by atoms with Crippen molar-refractivity contribution in [1.29, 1.82) is 0 Å². The molecule has 1 aromatic rings. The van der Waals surface area contributed by atoms with Gasteiger partial charge in [-0.2, -0.15) is 0 Å². The van der Waals surface area contributed by atoms with Crippen molar-refractivity contribution in [1.82, 2.24) is 5.32 Å². The highest BCUT2D eigenvalue weighted by atomic mass is 16.5. The smallest absolute Gasteiger partial charge is 0.241 e. The summed E-state index contributed by atoms with van der Waals surface area (Å²) in [6.07, 6.45) is 5.29. The molecule has 1 heterocycles. The van der Waals surface area contributed by atoms with Gasteiger partial charge in [0, 0.05) is 17.9 Å². The van der Waals surface area contributed by atoms with E-state index >= 15 is 0 Å². The normalized spacial score (nSPS) is 36.9. The molecular weight excluding hydrogens is 300 g/mol. The fraction of sp³-hybridized carbons (Fsp3) is 0.650. The monoisotopic (exact) mass is 328 g/mol. The zero-order valence-electron chi connectivity index (χ0n) is 14.7. The van der Waals surface area contributed by atoms with Crippen LogP contribution in [0.2, 0.25) is 0 Å². The summed E-state index contributed by atoms with van der Waals surface area (Å²) in [5.74, 6) is 0.140. The molecule has 1 amide bonds. The van der Waals surface area contributed by atoms with Gasteiger partial charge in [0.15, 0.2) is 0 Å². The number of nitrogens with one attached hydrogen (secondary N) is 1. The van der Waals surface area contributed by atoms with Crippen molar-refractivity contribution < 1.29 is 9.53 Å². The van der Waals surface area contributed by atoms with Gasteiger partial charge in [-0.15, -0.1) is 0 Å². The van der Waals surface area contributed by atoms with Gasteiger partial charge in [0.1, 0.15) is 5.54 Å². The maximum absolute atomic E-state index is 13.2. The average molecular weight is 328 g/mol. The van der Waals surface area contributed by atoms with Gasteiger partial charge >= 0.3 is 0 Å². The number of amides is 1. The third-order valence-electron chi connectivity index (χ3n) is 6.74. The topological polar surface area (TPSA) is 64.3 Å². The molecule has 2 aliphatic carbocycles. The summed E-state index contributed by atoms with van der Waals surface area (Å²) in [7, 11) is 0. The maximum Gasteiger partial charge on any atom is 0.241 e. The van der Waals surface area contributed by atoms with Crippen LogP contribution in [0.25, 0.3) is 0 Å². The van der Waals surface area contributed by atoms with Crippen LogP contribution >= 0.6 is 0 Å². The molecule has 4 rings (SSSR count). The predicted molar refractivity (Wildman–Crippen MR) is 93.4 cm³/mol. The van der Waals surface area contributed by atoms with E-state index < -0.39 is 5.54 Å². The predicted octanol–water partition coefficient (Wildman–Crippen LogP) is 2.71. The van der Waals surface area contributed by atoms with Gasteiger partial charge in [-0.25, -0.2) is 0 Å². The minimum atomic E-state index is -0.829. The van der Waals surface area contributed by atoms with E-state index in [9.17, 15) is 4.79 Å². The Morgan fingerprint density at radius 3 is 2.88 bits per heavy atom. The molecule has 4 heteroatoms. The average Bonchev–Trinajstić information content (AvgIpc) is 2.61. The second-order valence-electron chi connectivity index (χ2n) is 8.25. The molecule has 1 aliphatic heterocycles. The largest absolute Gasteiger partial charge is 0.377 e. The van der Waals surface area contributed by atoms with E-state index in [0.717, 1.165) is 38.7 Å². The molecule has 24 heavy (non-hydrogen) atoms. The summed E-state index contributed by atoms with van der Waals surface area (Å²) < 4.78 is 5.92. The second kappa shape index (κ2) is 5.57. The Balaban J connectivity index is 1.57. The number of nitrogens with two attached hydrogens (primary N) is 1. The third-order valence-corrected chi connectivity index (χ3v) is 6.74. The van der Waals surface area contributed by atoms with Gasteiger partial charge in [0.2, 0.25) is 5.91 Å². The summed E-state index contributed by atoms with van der Waals surface area (Å²) >= 11 is 0. The van der Waals surface area contributed by atoms with E-state index in [2.05, 4.69) is 43.4 Å². The summed E-state index contributed by atoms with van der Waals surface area (Å²) in [6.45, 7) is 4.94. The number of rotatable bonds is 2. The van der Waals surface area contributed by atoms with Crippen LogP contribution in [0.1, 0.15) is 56.7 Å². The summed E-state index contributed by atoms with van der Waals surface area (Å²) in [4.78, 5) is 13.2. The summed E-state index contributed by atoms with van der Waals surface area (Å²) in [5, 5.41) is 3.29. The lowest BCUT2D eigenvalue weighted by Crippen LogP contribution is -2.82. The summed E-state index contributed by atoms with van der Waals surface area (Å²) in [5.41, 5.74) is 8.18. The molecule has 0 bridgehead atoms. The van der Waals surface area contributed by atoms with Crippen LogP contribution in [-0.2, 0) is 16.0 Å². The number of fused-ring (bicyclic) bond motifs is 2. The minimum absolute atomic E-state index is 0.000882. The highest BCUT2D eigenvalue weighted by Crippen LogP contribution is 2.57. The Kier molecular flexibility index (Phi) is 3.73. The Hall–Kier alpha value is -1.39. The number of benzene rings is 1. The first-order chi connectivity index (χ1) is 11.5. The van der Waals surface area contributed by atoms with E-state index in [4.69, 9.17) is 10.5 Å². The third kappa shape index (κ3) is 2.09. The van der Waals surface area contributed by atoms with Crippen molar-refractivity contribution in [3.05, 3.63) is 35.4 Å². The SMILES string of the molecule is CC1(C)C2OCCCC2C1(N)C(=O)NC1CCCc2ccccc21. The minimum Gasteiger partial charge on any atom is -0.377 e. The van der Waals surface area contributed by atoms with Gasteiger partial charge in [-0.05, 0) is 43.2 Å². The zero-order chi connectivity index (χ0) is 16.9. The van der Waals surface area contributed by atoms with Crippen molar-refractivity contribution in [3.8, 4) is 0 Å². The van der Waals surface area contributed by atoms with Crippen molar-refractivity contribution in [3.63, 3.8) is 0 Å². The van der Waals surface area contributed by atoms with Crippen LogP contribution in [0.5, 0.6) is 0 Å². The highest BCUT2D eigenvalue weighted by molar-refractivity contribution is 5.90. The molecule has 4 unspecified atom stereocenters. The van der Waals surface area contributed by atoms with Crippen LogP contribution in [0.4, 0.5) is 0 Å². The van der Waals surface area contributed by atoms with Crippen LogP contribution < -0.4 is 11.1 Å². The van der Waals surface area contributed by atoms with Crippen molar-refractivity contribution in [2.75, 3.05) is 6.61 Å². The Morgan fingerprint density at radius 1 is 1.25 bits per heavy atom. The molecule has 1 saturated carbocycles. The van der Waals surface area contributed by atoms with Crippen molar-refractivity contribution >= 4 is 5.91 Å². The van der Waals surface area contributed by atoms with E-state index in [1.165, 1.54) is 11.1 Å². The summed E-state index contributed by atoms with van der Waals surface area (Å²) in [6, 6.07) is 8.53. The lowest BCUT2D eigenvalue weighted by Gasteiger charge is -2.65. The number of carbonyl (C=O) groups is 1. The van der Waals surface area contributed by atoms with Gasteiger partial charge in [0.25, 0.3) is 0 Å². The molecule has 4 nitrogen and oxygen atoms in total. The van der Waals surface area contributed by atoms with Crippen LogP contribution in [0.3, 0.4) is 0 Å². The van der Waals surface area contributed by atoms with Crippen molar-refractivity contribution in [2.45, 2.75) is 63.6 Å². The molecule has 130 valence electrons. The van der Waals surface area contributed by atoms with Crippen LogP contribution in [0.15, 0.2) is 24.3 Å². The van der Waals surface area contributed by atoms with Gasteiger partial charge in [-0.3, -0.25) is 4.79 Å². The molecule has 4 atom stereocenters. The van der Waals surface area contributed by atoms with E-state index in [0.29, 0.717) is 0 Å². The molecule has 1 aromatic carbocycles. The quantitative estimate of drug-likeness (QED) is 0.877. The number of ether oxygens (including phenoxy) is 1. The van der Waals surface area contributed by atoms with Crippen molar-refractivity contribution in [2.24, 2.45) is 17.1 Å². The molecule has 0 radical (unpaired) electrons. The van der Waals surface area contributed by atoms with Gasteiger partial charge < -0.3 is 15.8 Å². The van der Waals surface area contributed by atoms with Crippen LogP contribution in [0, 0.1) is 11.3 Å². The fourth-order valence-corrected chi connectivity index (χ4v) is 5.22. The van der Waals surface area contributed by atoms with Gasteiger partial charge in [-0.1, -0.05) is 38.1 Å². The lowest BCUT2D eigenvalue weighted by molar-refractivity contribution is -0.225. The number of hydrogen-bond donors (Lipinski definition) is 2. The highest BCUT2D eigenvalue weighted by Gasteiger charge is 2.70. The molecule has 3 N–H and O–H groups in total. The van der Waals surface area contributed by atoms with E-state index in [1.807, 2.05) is 0 Å². The molecular formula is C20H28N2O2. The maximum atomic E-state index is 13.2. The fourth-order valence-electron chi connectivity index (χ4n) is 5.22. The van der Waals surface area contributed by atoms with E-state index in [-0.39, 0.29) is 29.4 Å². The molecule has 0 spiro atoms. The zero-order valence-corrected chi connectivity index (χ0v) is 14.7. The first kappa shape index (κ1) is 16.1. The first-order valence-corrected chi connectivity index (χ1v) is 9.25. The second-order valence-corrected chi connectivity index (χ2v) is 8.25. The van der Waals surface area contributed by atoms with Gasteiger partial charge in [0.05, 0.1) is 12.1 Å². The standard InChI is InChI=1S/C20H28N2O2/c1-19(2)17-15(10-6-12-24-17)20(19,21)18(23)22-16-11-5-8-13-7-3-4-9-14(13)16/h3-4,7,9,15-17H,5-6,8,10-12,21H2,1-2H3,(H,22,23). The number of hydrogen-bond acceptors (Lipinski definition) is 3. The molecule has 3 aliphatic rings.